The number of benzene rings is 2. The summed E-state index contributed by atoms with van der Waals surface area (Å²) in [4.78, 5) is 38.8. The molecule has 1 aromatic heterocycles. The summed E-state index contributed by atoms with van der Waals surface area (Å²) < 4.78 is 19.8. The number of fused-ring (bicyclic) bond motifs is 4. The van der Waals surface area contributed by atoms with Crippen LogP contribution < -0.4 is 4.74 Å². The van der Waals surface area contributed by atoms with Crippen molar-refractivity contribution in [3.8, 4) is 11.5 Å². The normalized spacial score (nSPS) is 24.3. The largest absolute Gasteiger partial charge is 0.508 e. The molecule has 2 aromatic carbocycles. The molecule has 10 heteroatoms. The van der Waals surface area contributed by atoms with Crippen molar-refractivity contribution in [1.82, 2.24) is 24.6 Å². The first-order chi connectivity index (χ1) is 18.2. The minimum Gasteiger partial charge on any atom is -0.508 e. The fraction of sp³-hybridized carbons (Fsp3) is 0.429. The summed E-state index contributed by atoms with van der Waals surface area (Å²) in [6.45, 7) is 6.45. The summed E-state index contributed by atoms with van der Waals surface area (Å²) in [6.07, 6.45) is 0.280. The van der Waals surface area contributed by atoms with Gasteiger partial charge in [0.25, 0.3) is 5.91 Å². The van der Waals surface area contributed by atoms with Crippen LogP contribution in [0.2, 0.25) is 0 Å². The molecule has 0 spiro atoms. The van der Waals surface area contributed by atoms with Crippen LogP contribution in [0.15, 0.2) is 36.4 Å². The number of carbonyl (C=O) groups is 2. The molecular weight excluding hydrogens is 489 g/mol. The zero-order valence-electron chi connectivity index (χ0n) is 21.8. The number of H-pyrrole nitrogens is 1. The van der Waals surface area contributed by atoms with E-state index in [1.165, 1.54) is 18.1 Å². The minimum atomic E-state index is -1.14. The van der Waals surface area contributed by atoms with Gasteiger partial charge >= 0.3 is 6.03 Å². The van der Waals surface area contributed by atoms with E-state index in [0.717, 1.165) is 37.1 Å². The maximum atomic E-state index is 14.6. The van der Waals surface area contributed by atoms with Crippen molar-refractivity contribution >= 4 is 22.8 Å². The van der Waals surface area contributed by atoms with E-state index in [-0.39, 0.29) is 29.9 Å². The molecular formula is C28H32FN5O4. The molecule has 2 N–H and O–H groups in total. The number of aromatic hydroxyl groups is 1. The van der Waals surface area contributed by atoms with Crippen LogP contribution in [-0.2, 0) is 11.2 Å². The third-order valence-electron chi connectivity index (χ3n) is 8.36. The summed E-state index contributed by atoms with van der Waals surface area (Å²) in [7, 11) is 3.51. The number of amides is 3. The molecule has 4 heterocycles. The highest BCUT2D eigenvalue weighted by molar-refractivity contribution is 6.08. The van der Waals surface area contributed by atoms with Gasteiger partial charge in [-0.15, -0.1) is 0 Å². The molecule has 38 heavy (non-hydrogen) atoms. The van der Waals surface area contributed by atoms with E-state index in [1.807, 2.05) is 6.07 Å². The molecule has 3 amide bonds. The number of ether oxygens (including phenoxy) is 1. The minimum absolute atomic E-state index is 0.0602. The Bertz CT molecular complexity index is 1430. The van der Waals surface area contributed by atoms with Crippen molar-refractivity contribution in [2.75, 3.05) is 53.4 Å². The second-order valence-electron chi connectivity index (χ2n) is 10.8. The van der Waals surface area contributed by atoms with E-state index in [2.05, 4.69) is 21.8 Å². The van der Waals surface area contributed by atoms with Gasteiger partial charge in [0.1, 0.15) is 17.3 Å². The number of piperazine rings is 1. The third kappa shape index (κ3) is 3.73. The molecule has 2 saturated heterocycles. The third-order valence-corrected chi connectivity index (χ3v) is 8.36. The number of aromatic amines is 1. The van der Waals surface area contributed by atoms with Gasteiger partial charge in [-0.3, -0.25) is 19.5 Å². The first kappa shape index (κ1) is 24.7. The SMILES string of the molecule is COc1cc2c3c([nH]c2cc1F)[C@@H](c1cccc(O)c1)N1C(=O)N(CCN2CCN(C)CC2)C(=O)[C@]1(C)C3. The van der Waals surface area contributed by atoms with Crippen molar-refractivity contribution in [2.45, 2.75) is 24.9 Å². The predicted octanol–water partition coefficient (Wildman–Crippen LogP) is 2.94. The number of imide groups is 1. The number of methoxy groups -OCH3 is 1. The zero-order chi connectivity index (χ0) is 26.8. The smallest absolute Gasteiger partial charge is 0.328 e. The molecule has 0 aliphatic carbocycles. The van der Waals surface area contributed by atoms with Crippen LogP contribution in [0.1, 0.15) is 29.8 Å². The van der Waals surface area contributed by atoms with Gasteiger partial charge in [-0.2, -0.15) is 0 Å². The molecule has 2 atom stereocenters. The molecule has 9 nitrogen and oxygen atoms in total. The maximum Gasteiger partial charge on any atom is 0.328 e. The molecule has 0 radical (unpaired) electrons. The maximum absolute atomic E-state index is 14.6. The van der Waals surface area contributed by atoms with Crippen LogP contribution in [0.5, 0.6) is 11.5 Å². The van der Waals surface area contributed by atoms with E-state index in [4.69, 9.17) is 4.74 Å². The van der Waals surface area contributed by atoms with Gasteiger partial charge in [-0.1, -0.05) is 12.1 Å². The Labute approximate surface area is 220 Å². The number of phenolic OH excluding ortho intramolecular Hbond substituents is 1. The molecule has 3 aromatic rings. The number of nitrogens with one attached hydrogen (secondary N) is 1. The highest BCUT2D eigenvalue weighted by atomic mass is 19.1. The zero-order valence-corrected chi connectivity index (χ0v) is 21.8. The molecule has 6 rings (SSSR count). The van der Waals surface area contributed by atoms with E-state index >= 15 is 0 Å². The van der Waals surface area contributed by atoms with Crippen molar-refractivity contribution in [3.63, 3.8) is 0 Å². The fourth-order valence-corrected chi connectivity index (χ4v) is 6.22. The highest BCUT2D eigenvalue weighted by Gasteiger charge is 2.60. The van der Waals surface area contributed by atoms with Crippen LogP contribution in [0, 0.1) is 5.82 Å². The van der Waals surface area contributed by atoms with Crippen LogP contribution in [-0.4, -0.2) is 101 Å². The number of halogens is 1. The van der Waals surface area contributed by atoms with Gasteiger partial charge in [-0.25, -0.2) is 9.18 Å². The Morgan fingerprint density at radius 3 is 2.61 bits per heavy atom. The van der Waals surface area contributed by atoms with Crippen LogP contribution in [0.3, 0.4) is 0 Å². The van der Waals surface area contributed by atoms with Gasteiger partial charge in [0.15, 0.2) is 11.6 Å². The lowest BCUT2D eigenvalue weighted by Crippen LogP contribution is -2.53. The molecule has 0 unspecified atom stereocenters. The monoisotopic (exact) mass is 521 g/mol. The van der Waals surface area contributed by atoms with E-state index in [9.17, 15) is 19.1 Å². The summed E-state index contributed by atoms with van der Waals surface area (Å²) in [5.74, 6) is -0.564. The van der Waals surface area contributed by atoms with Crippen molar-refractivity contribution < 1.29 is 23.8 Å². The Kier molecular flexibility index (Phi) is 5.84. The van der Waals surface area contributed by atoms with Crippen molar-refractivity contribution in [1.29, 1.82) is 0 Å². The van der Waals surface area contributed by atoms with Gasteiger partial charge in [0, 0.05) is 68.4 Å². The lowest BCUT2D eigenvalue weighted by Gasteiger charge is -2.42. The Balaban J connectivity index is 1.43. The first-order valence-electron chi connectivity index (χ1n) is 12.9. The number of likely N-dealkylation sites (N-methyl/N-ethyl adjacent to an activating group) is 1. The second kappa shape index (κ2) is 8.99. The van der Waals surface area contributed by atoms with E-state index in [0.29, 0.717) is 29.9 Å². The average molecular weight is 522 g/mol. The summed E-state index contributed by atoms with van der Waals surface area (Å²) in [5, 5.41) is 11.0. The molecule has 3 aliphatic heterocycles. The van der Waals surface area contributed by atoms with Gasteiger partial charge in [-0.05, 0) is 43.3 Å². The van der Waals surface area contributed by atoms with Gasteiger partial charge in [0.2, 0.25) is 0 Å². The molecule has 2 fully saturated rings. The van der Waals surface area contributed by atoms with Gasteiger partial charge in [0.05, 0.1) is 7.11 Å². The predicted molar refractivity (Wildman–Crippen MR) is 140 cm³/mol. The first-order valence-corrected chi connectivity index (χ1v) is 12.9. The molecule has 0 bridgehead atoms. The van der Waals surface area contributed by atoms with Crippen LogP contribution >= 0.6 is 0 Å². The standard InChI is InChI=1S/C28H32FN5O4/c1-28-16-20-19-14-23(38-3)21(29)15-22(19)30-24(20)25(17-5-4-6-18(35)13-17)34(28)27(37)33(26(28)36)12-11-32-9-7-31(2)8-10-32/h4-6,13-15,25,30,35H,7-12,16H2,1-3H3/t25-,28+/m1/s1. The van der Waals surface area contributed by atoms with Gasteiger partial charge < -0.3 is 19.7 Å². The summed E-state index contributed by atoms with van der Waals surface area (Å²) in [6, 6.07) is 8.73. The van der Waals surface area contributed by atoms with Crippen LogP contribution in [0.4, 0.5) is 9.18 Å². The van der Waals surface area contributed by atoms with E-state index < -0.39 is 17.4 Å². The number of aromatic nitrogens is 1. The number of carbonyl (C=O) groups excluding carboxylic acids is 2. The number of phenols is 1. The number of hydrogen-bond acceptors (Lipinski definition) is 6. The Morgan fingerprint density at radius 1 is 1.13 bits per heavy atom. The van der Waals surface area contributed by atoms with E-state index in [1.54, 1.807) is 36.1 Å². The fourth-order valence-electron chi connectivity index (χ4n) is 6.22. The number of urea groups is 1. The number of rotatable bonds is 5. The lowest BCUT2D eigenvalue weighted by atomic mass is 9.81. The van der Waals surface area contributed by atoms with Crippen molar-refractivity contribution in [3.05, 3.63) is 59.0 Å². The summed E-state index contributed by atoms with van der Waals surface area (Å²) >= 11 is 0. The lowest BCUT2D eigenvalue weighted by molar-refractivity contribution is -0.133. The van der Waals surface area contributed by atoms with Crippen LogP contribution in [0.25, 0.3) is 10.9 Å². The Hall–Kier alpha value is -3.63. The molecule has 0 saturated carbocycles. The average Bonchev–Trinajstić information content (AvgIpc) is 3.32. The quantitative estimate of drug-likeness (QED) is 0.502. The van der Waals surface area contributed by atoms with Crippen molar-refractivity contribution in [2.24, 2.45) is 0 Å². The molecule has 3 aliphatic rings. The highest BCUT2D eigenvalue weighted by Crippen LogP contribution is 2.49. The Morgan fingerprint density at radius 2 is 1.89 bits per heavy atom. The summed E-state index contributed by atoms with van der Waals surface area (Å²) in [5.41, 5.74) is 1.64. The number of hydrogen-bond donors (Lipinski definition) is 2. The molecule has 200 valence electrons. The topological polar surface area (TPSA) is 92.3 Å². The number of nitrogens with zero attached hydrogens (tertiary/aromatic N) is 4. The second-order valence-corrected chi connectivity index (χ2v) is 10.8.